The van der Waals surface area contributed by atoms with Crippen molar-refractivity contribution in [3.8, 4) is 50.7 Å². The zero-order chi connectivity index (χ0) is 33.7. The van der Waals surface area contributed by atoms with E-state index in [9.17, 15) is 0 Å². The van der Waals surface area contributed by atoms with E-state index < -0.39 is 0 Å². The first-order valence-electron chi connectivity index (χ1n) is 17.3. The summed E-state index contributed by atoms with van der Waals surface area (Å²) < 4.78 is 2.44. The molecular formula is C48H31N3. The Labute approximate surface area is 295 Å². The number of nitrogens with zero attached hydrogens (tertiary/aromatic N) is 3. The standard InChI is InChI=1S/C48H31N3/c1-3-13-33(14-4-1)43-31-44(34-15-5-2-6-16-34)50-48(49-43)35-25-23-32(24-26-35)38-27-28-46(40-20-10-9-19-39(38)40)51-45-22-12-11-21-41(45)42-29-36-17-7-8-18-37(36)30-47(42)51/h1-31H. The van der Waals surface area contributed by atoms with Gasteiger partial charge in [-0.25, -0.2) is 9.97 Å². The van der Waals surface area contributed by atoms with E-state index in [2.05, 4.69) is 156 Å². The summed E-state index contributed by atoms with van der Waals surface area (Å²) >= 11 is 0. The SMILES string of the molecule is c1ccc(-c2cc(-c3ccccc3)nc(-c3ccc(-c4ccc(-n5c6ccccc6c6cc7ccccc7cc65)c5ccccc45)cc3)n2)cc1. The third-order valence-electron chi connectivity index (χ3n) is 10.0. The average Bonchev–Trinajstić information content (AvgIpc) is 3.53. The molecule has 0 unspecified atom stereocenters. The molecule has 0 N–H and O–H groups in total. The van der Waals surface area contributed by atoms with E-state index in [0.29, 0.717) is 5.82 Å². The largest absolute Gasteiger partial charge is 0.309 e. The van der Waals surface area contributed by atoms with E-state index in [0.717, 1.165) is 33.6 Å². The third kappa shape index (κ3) is 4.98. The molecule has 238 valence electrons. The molecule has 8 aromatic carbocycles. The molecule has 3 nitrogen and oxygen atoms in total. The molecule has 10 aromatic rings. The monoisotopic (exact) mass is 649 g/mol. The minimum absolute atomic E-state index is 0.709. The van der Waals surface area contributed by atoms with Gasteiger partial charge in [0.1, 0.15) is 0 Å². The Hall–Kier alpha value is -6.84. The van der Waals surface area contributed by atoms with Crippen LogP contribution in [0.2, 0.25) is 0 Å². The normalized spacial score (nSPS) is 11.5. The lowest BCUT2D eigenvalue weighted by atomic mass is 9.96. The molecule has 0 atom stereocenters. The van der Waals surface area contributed by atoms with Gasteiger partial charge in [-0.1, -0.05) is 158 Å². The molecule has 3 heteroatoms. The molecule has 0 radical (unpaired) electrons. The number of rotatable bonds is 5. The quantitative estimate of drug-likeness (QED) is 0.186. The smallest absolute Gasteiger partial charge is 0.160 e. The van der Waals surface area contributed by atoms with Gasteiger partial charge in [0.15, 0.2) is 5.82 Å². The van der Waals surface area contributed by atoms with E-state index in [-0.39, 0.29) is 0 Å². The molecule has 0 aliphatic heterocycles. The fourth-order valence-corrected chi connectivity index (χ4v) is 7.53. The van der Waals surface area contributed by atoms with Crippen LogP contribution in [0, 0.1) is 0 Å². The molecule has 51 heavy (non-hydrogen) atoms. The van der Waals surface area contributed by atoms with Crippen LogP contribution in [0.3, 0.4) is 0 Å². The topological polar surface area (TPSA) is 30.7 Å². The Morgan fingerprint density at radius 2 is 0.882 bits per heavy atom. The van der Waals surface area contributed by atoms with Crippen LogP contribution in [0.1, 0.15) is 0 Å². The van der Waals surface area contributed by atoms with E-state index >= 15 is 0 Å². The van der Waals surface area contributed by atoms with E-state index in [1.165, 1.54) is 54.6 Å². The first-order chi connectivity index (χ1) is 25.3. The average molecular weight is 650 g/mol. The molecule has 0 spiro atoms. The first kappa shape index (κ1) is 29.1. The molecule has 0 amide bonds. The van der Waals surface area contributed by atoms with Gasteiger partial charge in [0, 0.05) is 32.8 Å². The lowest BCUT2D eigenvalue weighted by Gasteiger charge is -2.15. The molecule has 0 aliphatic carbocycles. The van der Waals surface area contributed by atoms with Gasteiger partial charge >= 0.3 is 0 Å². The second kappa shape index (κ2) is 11.9. The maximum atomic E-state index is 5.05. The number of hydrogen-bond acceptors (Lipinski definition) is 2. The molecule has 10 rings (SSSR count). The second-order valence-electron chi connectivity index (χ2n) is 13.0. The number of aromatic nitrogens is 3. The molecule has 0 saturated carbocycles. The number of para-hydroxylation sites is 1. The fraction of sp³-hybridized carbons (Fsp3) is 0. The maximum absolute atomic E-state index is 5.05. The maximum Gasteiger partial charge on any atom is 0.160 e. The predicted molar refractivity (Wildman–Crippen MR) is 213 cm³/mol. The molecule has 0 fully saturated rings. The van der Waals surface area contributed by atoms with Crippen LogP contribution in [0.25, 0.3) is 94.1 Å². The fourth-order valence-electron chi connectivity index (χ4n) is 7.53. The van der Waals surface area contributed by atoms with Crippen LogP contribution in [-0.2, 0) is 0 Å². The van der Waals surface area contributed by atoms with Gasteiger partial charge < -0.3 is 4.57 Å². The summed E-state index contributed by atoms with van der Waals surface area (Å²) in [7, 11) is 0. The van der Waals surface area contributed by atoms with Crippen LogP contribution in [0.4, 0.5) is 0 Å². The van der Waals surface area contributed by atoms with Gasteiger partial charge in [0.2, 0.25) is 0 Å². The van der Waals surface area contributed by atoms with Crippen LogP contribution in [-0.4, -0.2) is 14.5 Å². The molecular weight excluding hydrogens is 619 g/mol. The van der Waals surface area contributed by atoms with Crippen molar-refractivity contribution in [2.75, 3.05) is 0 Å². The van der Waals surface area contributed by atoms with Crippen molar-refractivity contribution < 1.29 is 0 Å². The van der Waals surface area contributed by atoms with Crippen LogP contribution < -0.4 is 0 Å². The highest BCUT2D eigenvalue weighted by Gasteiger charge is 2.17. The van der Waals surface area contributed by atoms with Crippen LogP contribution in [0.15, 0.2) is 188 Å². The lowest BCUT2D eigenvalue weighted by molar-refractivity contribution is 1.18. The molecule has 2 heterocycles. The Kier molecular flexibility index (Phi) is 6.81. The van der Waals surface area contributed by atoms with Crippen molar-refractivity contribution in [3.05, 3.63) is 188 Å². The second-order valence-corrected chi connectivity index (χ2v) is 13.0. The zero-order valence-electron chi connectivity index (χ0n) is 27.7. The summed E-state index contributed by atoms with van der Waals surface area (Å²) in [6, 6.07) is 66.8. The van der Waals surface area contributed by atoms with Crippen molar-refractivity contribution in [3.63, 3.8) is 0 Å². The third-order valence-corrected chi connectivity index (χ3v) is 10.0. The predicted octanol–water partition coefficient (Wildman–Crippen LogP) is 12.5. The number of fused-ring (bicyclic) bond motifs is 5. The molecule has 0 bridgehead atoms. The highest BCUT2D eigenvalue weighted by molar-refractivity contribution is 6.15. The molecule has 0 aliphatic rings. The van der Waals surface area contributed by atoms with Crippen molar-refractivity contribution in [2.24, 2.45) is 0 Å². The van der Waals surface area contributed by atoms with Gasteiger partial charge in [-0.05, 0) is 57.6 Å². The minimum atomic E-state index is 0.709. The van der Waals surface area contributed by atoms with Gasteiger partial charge in [0.25, 0.3) is 0 Å². The Balaban J connectivity index is 1.10. The van der Waals surface area contributed by atoms with Crippen LogP contribution in [0.5, 0.6) is 0 Å². The Bertz CT molecular complexity index is 2830. The number of hydrogen-bond donors (Lipinski definition) is 0. The van der Waals surface area contributed by atoms with Crippen molar-refractivity contribution in [1.29, 1.82) is 0 Å². The van der Waals surface area contributed by atoms with Gasteiger partial charge in [-0.15, -0.1) is 0 Å². The summed E-state index contributed by atoms with van der Waals surface area (Å²) in [4.78, 5) is 10.1. The summed E-state index contributed by atoms with van der Waals surface area (Å²) in [5.41, 5.74) is 10.9. The summed E-state index contributed by atoms with van der Waals surface area (Å²) in [6.45, 7) is 0. The first-order valence-corrected chi connectivity index (χ1v) is 17.3. The highest BCUT2D eigenvalue weighted by atomic mass is 15.0. The van der Waals surface area contributed by atoms with E-state index in [1.54, 1.807) is 0 Å². The molecule has 2 aromatic heterocycles. The van der Waals surface area contributed by atoms with Gasteiger partial charge in [-0.3, -0.25) is 0 Å². The molecule has 0 saturated heterocycles. The number of benzene rings is 8. The van der Waals surface area contributed by atoms with Gasteiger partial charge in [0.05, 0.1) is 28.1 Å². The summed E-state index contributed by atoms with van der Waals surface area (Å²) in [6.07, 6.45) is 0. The Morgan fingerprint density at radius 3 is 1.57 bits per heavy atom. The highest BCUT2D eigenvalue weighted by Crippen LogP contribution is 2.39. The van der Waals surface area contributed by atoms with Gasteiger partial charge in [-0.2, -0.15) is 0 Å². The van der Waals surface area contributed by atoms with Crippen molar-refractivity contribution in [1.82, 2.24) is 14.5 Å². The van der Waals surface area contributed by atoms with Crippen molar-refractivity contribution >= 4 is 43.4 Å². The van der Waals surface area contributed by atoms with Crippen LogP contribution >= 0.6 is 0 Å². The summed E-state index contributed by atoms with van der Waals surface area (Å²) in [5, 5.41) is 7.44. The van der Waals surface area contributed by atoms with E-state index in [1.807, 2.05) is 36.4 Å². The summed E-state index contributed by atoms with van der Waals surface area (Å²) in [5.74, 6) is 0.709. The zero-order valence-corrected chi connectivity index (χ0v) is 27.7. The lowest BCUT2D eigenvalue weighted by Crippen LogP contribution is -1.97. The Morgan fingerprint density at radius 1 is 0.333 bits per heavy atom. The van der Waals surface area contributed by atoms with Crippen molar-refractivity contribution in [2.45, 2.75) is 0 Å². The minimum Gasteiger partial charge on any atom is -0.309 e. The van der Waals surface area contributed by atoms with E-state index in [4.69, 9.17) is 9.97 Å².